The zero-order valence-electron chi connectivity index (χ0n) is 12.7. The molecule has 0 aromatic heterocycles. The monoisotopic (exact) mass is 324 g/mol. The van der Waals surface area contributed by atoms with Gasteiger partial charge in [0.25, 0.3) is 0 Å². The standard InChI is InChI=1S/C16H20O7/c1-9(8-17)14-4-5-16(23-14,15(21)22)7-13(20)11-6-10(18)2-3-12(11)19/h2-3,6,9,14,17-19H,4-5,7-8H2,1H3,(H,21,22). The van der Waals surface area contributed by atoms with Crippen molar-refractivity contribution in [2.45, 2.75) is 37.9 Å². The van der Waals surface area contributed by atoms with E-state index < -0.39 is 29.9 Å². The summed E-state index contributed by atoms with van der Waals surface area (Å²) in [7, 11) is 0. The number of ether oxygens (including phenoxy) is 1. The predicted molar refractivity (Wildman–Crippen MR) is 79.4 cm³/mol. The fourth-order valence-electron chi connectivity index (χ4n) is 2.77. The van der Waals surface area contributed by atoms with E-state index in [1.54, 1.807) is 6.92 Å². The van der Waals surface area contributed by atoms with Crippen molar-refractivity contribution in [3.8, 4) is 11.5 Å². The molecular weight excluding hydrogens is 304 g/mol. The topological polar surface area (TPSA) is 124 Å². The van der Waals surface area contributed by atoms with Gasteiger partial charge in [0.15, 0.2) is 11.4 Å². The number of carbonyl (C=O) groups excluding carboxylic acids is 1. The molecule has 7 heteroatoms. The molecular formula is C16H20O7. The van der Waals surface area contributed by atoms with Gasteiger partial charge in [0.2, 0.25) is 0 Å². The summed E-state index contributed by atoms with van der Waals surface area (Å²) in [5, 5.41) is 37.8. The van der Waals surface area contributed by atoms with Crippen LogP contribution in [0, 0.1) is 5.92 Å². The quantitative estimate of drug-likeness (QED) is 0.459. The van der Waals surface area contributed by atoms with Crippen molar-refractivity contribution in [1.29, 1.82) is 0 Å². The van der Waals surface area contributed by atoms with E-state index in [2.05, 4.69) is 0 Å². The van der Waals surface area contributed by atoms with Gasteiger partial charge in [-0.2, -0.15) is 0 Å². The van der Waals surface area contributed by atoms with Crippen molar-refractivity contribution < 1.29 is 34.8 Å². The van der Waals surface area contributed by atoms with E-state index in [0.717, 1.165) is 6.07 Å². The molecule has 3 unspecified atom stereocenters. The van der Waals surface area contributed by atoms with Crippen LogP contribution in [-0.4, -0.2) is 50.5 Å². The van der Waals surface area contributed by atoms with Crippen molar-refractivity contribution in [2.24, 2.45) is 5.92 Å². The minimum atomic E-state index is -1.68. The molecule has 3 atom stereocenters. The normalized spacial score (nSPS) is 25.2. The molecule has 1 aromatic carbocycles. The van der Waals surface area contributed by atoms with Gasteiger partial charge in [-0.15, -0.1) is 0 Å². The van der Waals surface area contributed by atoms with Gasteiger partial charge < -0.3 is 25.2 Å². The van der Waals surface area contributed by atoms with Crippen LogP contribution in [0.2, 0.25) is 0 Å². The van der Waals surface area contributed by atoms with Crippen molar-refractivity contribution in [2.75, 3.05) is 6.61 Å². The summed E-state index contributed by atoms with van der Waals surface area (Å²) >= 11 is 0. The number of phenolic OH excluding ortho intramolecular Hbond substituents is 2. The van der Waals surface area contributed by atoms with Crippen molar-refractivity contribution >= 4 is 11.8 Å². The molecule has 2 rings (SSSR count). The molecule has 126 valence electrons. The van der Waals surface area contributed by atoms with Crippen LogP contribution < -0.4 is 0 Å². The second-order valence-corrected chi connectivity index (χ2v) is 5.96. The van der Waals surface area contributed by atoms with Gasteiger partial charge in [0.05, 0.1) is 18.1 Å². The molecule has 1 saturated heterocycles. The number of hydrogen-bond donors (Lipinski definition) is 4. The average molecular weight is 324 g/mol. The lowest BCUT2D eigenvalue weighted by Crippen LogP contribution is -2.41. The maximum atomic E-state index is 12.4. The number of benzene rings is 1. The van der Waals surface area contributed by atoms with Crippen LogP contribution in [-0.2, 0) is 9.53 Å². The molecule has 1 aliphatic heterocycles. The largest absolute Gasteiger partial charge is 0.508 e. The predicted octanol–water partition coefficient (Wildman–Crippen LogP) is 1.30. The van der Waals surface area contributed by atoms with Crippen LogP contribution >= 0.6 is 0 Å². The van der Waals surface area contributed by atoms with E-state index in [0.29, 0.717) is 6.42 Å². The number of aromatic hydroxyl groups is 2. The summed E-state index contributed by atoms with van der Waals surface area (Å²) in [6.07, 6.45) is -0.328. The maximum absolute atomic E-state index is 12.4. The van der Waals surface area contributed by atoms with Crippen molar-refractivity contribution in [3.63, 3.8) is 0 Å². The zero-order chi connectivity index (χ0) is 17.2. The third kappa shape index (κ3) is 3.46. The molecule has 1 fully saturated rings. The smallest absolute Gasteiger partial charge is 0.336 e. The molecule has 0 saturated carbocycles. The zero-order valence-corrected chi connectivity index (χ0v) is 12.7. The fourth-order valence-corrected chi connectivity index (χ4v) is 2.77. The number of rotatable bonds is 6. The molecule has 0 spiro atoms. The number of carboxylic acid groups (broad SMARTS) is 1. The van der Waals surface area contributed by atoms with E-state index in [9.17, 15) is 30.0 Å². The Kier molecular flexibility index (Phi) is 4.91. The average Bonchev–Trinajstić information content (AvgIpc) is 2.94. The Labute approximate surface area is 133 Å². The number of carbonyl (C=O) groups is 2. The van der Waals surface area contributed by atoms with E-state index in [1.807, 2.05) is 0 Å². The summed E-state index contributed by atoms with van der Waals surface area (Å²) in [4.78, 5) is 24.0. The number of aliphatic carboxylic acids is 1. The van der Waals surface area contributed by atoms with Crippen LogP contribution in [0.25, 0.3) is 0 Å². The first-order valence-electron chi connectivity index (χ1n) is 7.36. The Bertz CT molecular complexity index is 612. The Morgan fingerprint density at radius 2 is 2.09 bits per heavy atom. The Morgan fingerprint density at radius 1 is 1.39 bits per heavy atom. The van der Waals surface area contributed by atoms with Gasteiger partial charge in [-0.05, 0) is 31.0 Å². The number of hydrogen-bond acceptors (Lipinski definition) is 6. The lowest BCUT2D eigenvalue weighted by atomic mass is 9.90. The van der Waals surface area contributed by atoms with Gasteiger partial charge in [0.1, 0.15) is 11.5 Å². The maximum Gasteiger partial charge on any atom is 0.336 e. The van der Waals surface area contributed by atoms with Gasteiger partial charge >= 0.3 is 5.97 Å². The summed E-state index contributed by atoms with van der Waals surface area (Å²) < 4.78 is 5.60. The second kappa shape index (κ2) is 6.55. The third-order valence-electron chi connectivity index (χ3n) is 4.25. The van der Waals surface area contributed by atoms with Gasteiger partial charge in [-0.3, -0.25) is 4.79 Å². The molecule has 7 nitrogen and oxygen atoms in total. The summed E-state index contributed by atoms with van der Waals surface area (Å²) in [5.41, 5.74) is -1.82. The summed E-state index contributed by atoms with van der Waals surface area (Å²) in [5.74, 6) is -2.64. The van der Waals surface area contributed by atoms with Crippen LogP contribution in [0.15, 0.2) is 18.2 Å². The first-order chi connectivity index (χ1) is 10.8. The molecule has 1 aromatic rings. The molecule has 23 heavy (non-hydrogen) atoms. The number of Topliss-reactive ketones (excluding diaryl/α,β-unsaturated/α-hetero) is 1. The number of aliphatic hydroxyl groups excluding tert-OH is 1. The number of carboxylic acids is 1. The Hall–Kier alpha value is -2.12. The highest BCUT2D eigenvalue weighted by molar-refractivity contribution is 6.02. The van der Waals surface area contributed by atoms with Crippen LogP contribution in [0.3, 0.4) is 0 Å². The van der Waals surface area contributed by atoms with Crippen LogP contribution in [0.4, 0.5) is 0 Å². The van der Waals surface area contributed by atoms with Crippen LogP contribution in [0.1, 0.15) is 36.5 Å². The van der Waals surface area contributed by atoms with E-state index >= 15 is 0 Å². The lowest BCUT2D eigenvalue weighted by molar-refractivity contribution is -0.166. The van der Waals surface area contributed by atoms with Crippen molar-refractivity contribution in [1.82, 2.24) is 0 Å². The summed E-state index contributed by atoms with van der Waals surface area (Å²) in [6, 6.07) is 3.49. The molecule has 0 bridgehead atoms. The molecule has 0 radical (unpaired) electrons. The highest BCUT2D eigenvalue weighted by Gasteiger charge is 2.49. The second-order valence-electron chi connectivity index (χ2n) is 5.96. The first-order valence-corrected chi connectivity index (χ1v) is 7.36. The molecule has 1 heterocycles. The first kappa shape index (κ1) is 17.2. The highest BCUT2D eigenvalue weighted by Crippen LogP contribution is 2.38. The summed E-state index contributed by atoms with van der Waals surface area (Å²) in [6.45, 7) is 1.60. The van der Waals surface area contributed by atoms with E-state index in [1.165, 1.54) is 12.1 Å². The minimum absolute atomic E-state index is 0.137. The highest BCUT2D eigenvalue weighted by atomic mass is 16.5. The number of phenols is 2. The number of aliphatic hydroxyl groups is 1. The Balaban J connectivity index is 2.22. The molecule has 0 amide bonds. The van der Waals surface area contributed by atoms with Gasteiger partial charge in [-0.1, -0.05) is 6.92 Å². The van der Waals surface area contributed by atoms with Gasteiger partial charge in [0, 0.05) is 12.5 Å². The SMILES string of the molecule is CC(CO)C1CCC(CC(=O)c2cc(O)ccc2O)(C(=O)O)O1. The van der Waals surface area contributed by atoms with Crippen molar-refractivity contribution in [3.05, 3.63) is 23.8 Å². The lowest BCUT2D eigenvalue weighted by Gasteiger charge is -2.26. The fraction of sp³-hybridized carbons (Fsp3) is 0.500. The van der Waals surface area contributed by atoms with Gasteiger partial charge in [-0.25, -0.2) is 4.79 Å². The minimum Gasteiger partial charge on any atom is -0.508 e. The molecule has 1 aliphatic rings. The third-order valence-corrected chi connectivity index (χ3v) is 4.25. The number of ketones is 1. The molecule has 4 N–H and O–H groups in total. The molecule has 0 aliphatic carbocycles. The van der Waals surface area contributed by atoms with E-state index in [4.69, 9.17) is 4.74 Å². The van der Waals surface area contributed by atoms with Crippen LogP contribution in [0.5, 0.6) is 11.5 Å². The Morgan fingerprint density at radius 3 is 2.70 bits per heavy atom. The van der Waals surface area contributed by atoms with E-state index in [-0.39, 0.29) is 36.0 Å².